The first-order valence-electron chi connectivity index (χ1n) is 11.7. The molecule has 0 radical (unpaired) electrons. The lowest BCUT2D eigenvalue weighted by Crippen LogP contribution is -2.59. The Balaban J connectivity index is 3.13. The highest BCUT2D eigenvalue weighted by Crippen LogP contribution is 2.22. The highest BCUT2D eigenvalue weighted by molar-refractivity contribution is 5.90. The Hall–Kier alpha value is -1.89. The van der Waals surface area contributed by atoms with Crippen LogP contribution in [0.1, 0.15) is 74.7 Å². The molecule has 178 valence electrons. The zero-order valence-electron chi connectivity index (χ0n) is 20.6. The second-order valence-corrected chi connectivity index (χ2v) is 9.59. The van der Waals surface area contributed by atoms with Gasteiger partial charge in [0, 0.05) is 18.2 Å². The van der Waals surface area contributed by atoms with E-state index < -0.39 is 12.0 Å². The summed E-state index contributed by atoms with van der Waals surface area (Å²) in [6.45, 7) is 16.8. The fourth-order valence-corrected chi connectivity index (χ4v) is 4.28. The number of carbonyl (C=O) groups excluding carboxylic acids is 2. The number of likely N-dealkylation sites (N-methyl/N-ethyl adjacent to an activating group) is 1. The molecule has 1 aliphatic heterocycles. The van der Waals surface area contributed by atoms with Crippen LogP contribution in [-0.2, 0) is 14.4 Å². The summed E-state index contributed by atoms with van der Waals surface area (Å²) < 4.78 is 0. The summed E-state index contributed by atoms with van der Waals surface area (Å²) in [5.41, 5.74) is 0.213. The summed E-state index contributed by atoms with van der Waals surface area (Å²) in [6, 6.07) is -0.949. The number of amides is 2. The second kappa shape index (κ2) is 12.2. The van der Waals surface area contributed by atoms with Crippen molar-refractivity contribution in [2.45, 2.75) is 98.8 Å². The van der Waals surface area contributed by atoms with Crippen molar-refractivity contribution in [3.8, 4) is 0 Å². The molecule has 0 aliphatic carbocycles. The molecule has 1 unspecified atom stereocenters. The Morgan fingerprint density at radius 1 is 1.10 bits per heavy atom. The van der Waals surface area contributed by atoms with Gasteiger partial charge in [-0.3, -0.25) is 14.5 Å². The number of piperidine rings is 1. The lowest BCUT2D eigenvalue weighted by molar-refractivity contribution is -0.141. The van der Waals surface area contributed by atoms with Crippen molar-refractivity contribution < 1.29 is 19.5 Å². The smallest absolute Gasteiger partial charge is 0.331 e. The fraction of sp³-hybridized carbons (Fsp3) is 0.792. The maximum absolute atomic E-state index is 13.6. The van der Waals surface area contributed by atoms with Crippen molar-refractivity contribution in [1.29, 1.82) is 0 Å². The number of hydrogen-bond acceptors (Lipinski definition) is 4. The molecule has 1 rings (SSSR count). The van der Waals surface area contributed by atoms with E-state index in [0.29, 0.717) is 6.54 Å². The van der Waals surface area contributed by atoms with Crippen LogP contribution in [0.25, 0.3) is 0 Å². The molecule has 1 aliphatic rings. The van der Waals surface area contributed by atoms with E-state index in [1.54, 1.807) is 17.9 Å². The van der Waals surface area contributed by atoms with Gasteiger partial charge >= 0.3 is 5.97 Å². The molecule has 2 N–H and O–H groups in total. The number of carboxylic acid groups (broad SMARTS) is 1. The average molecular weight is 438 g/mol. The summed E-state index contributed by atoms with van der Waals surface area (Å²) in [6.07, 6.45) is 4.55. The Kier molecular flexibility index (Phi) is 10.7. The van der Waals surface area contributed by atoms with Crippen LogP contribution in [0.4, 0.5) is 0 Å². The number of carbonyl (C=O) groups is 3. The lowest BCUT2D eigenvalue weighted by atomic mass is 9.95. The van der Waals surface area contributed by atoms with Crippen molar-refractivity contribution in [2.75, 3.05) is 13.1 Å². The fourth-order valence-electron chi connectivity index (χ4n) is 4.28. The number of aliphatic carboxylic acids is 1. The van der Waals surface area contributed by atoms with Gasteiger partial charge in [0.1, 0.15) is 6.04 Å². The van der Waals surface area contributed by atoms with Crippen LogP contribution in [0.5, 0.6) is 0 Å². The molecule has 1 saturated heterocycles. The number of hydrogen-bond donors (Lipinski definition) is 2. The minimum Gasteiger partial charge on any atom is -0.478 e. The number of nitrogens with one attached hydrogen (secondary N) is 1. The molecular formula is C24H43N3O4. The third kappa shape index (κ3) is 7.34. The molecule has 0 aromatic rings. The van der Waals surface area contributed by atoms with E-state index in [9.17, 15) is 19.5 Å². The molecule has 0 bridgehead atoms. The van der Waals surface area contributed by atoms with Crippen molar-refractivity contribution in [2.24, 2.45) is 11.8 Å². The predicted octanol–water partition coefficient (Wildman–Crippen LogP) is 3.29. The maximum Gasteiger partial charge on any atom is 0.331 e. The summed E-state index contributed by atoms with van der Waals surface area (Å²) in [4.78, 5) is 42.0. The number of rotatable bonds is 10. The maximum atomic E-state index is 13.6. The lowest BCUT2D eigenvalue weighted by Gasteiger charge is -2.39. The minimum atomic E-state index is -0.992. The van der Waals surface area contributed by atoms with E-state index in [-0.39, 0.29) is 47.3 Å². The second-order valence-electron chi connectivity index (χ2n) is 9.59. The van der Waals surface area contributed by atoms with Crippen LogP contribution >= 0.6 is 0 Å². The van der Waals surface area contributed by atoms with Crippen molar-refractivity contribution >= 4 is 17.8 Å². The molecule has 3 atom stereocenters. The highest BCUT2D eigenvalue weighted by Gasteiger charge is 2.36. The van der Waals surface area contributed by atoms with E-state index in [0.717, 1.165) is 25.8 Å². The Labute approximate surface area is 188 Å². The standard InChI is InChI=1S/C24H43N3O4/c1-9-26(20(15(2)3)14-18(8)24(30)31)23(29)21(16(4)5)25-22(28)19-12-10-11-13-27(19)17(6)7/h14-17,19-21H,9-13H2,1-8H3,(H,25,28)(H,30,31)/t19-,20?,21+/m1/s1. The normalized spacial score (nSPS) is 20.1. The van der Waals surface area contributed by atoms with Gasteiger partial charge in [-0.15, -0.1) is 0 Å². The minimum absolute atomic E-state index is 0.0384. The van der Waals surface area contributed by atoms with E-state index in [1.807, 2.05) is 34.6 Å². The van der Waals surface area contributed by atoms with E-state index >= 15 is 0 Å². The Morgan fingerprint density at radius 2 is 1.71 bits per heavy atom. The van der Waals surface area contributed by atoms with Gasteiger partial charge in [-0.05, 0) is 58.9 Å². The molecule has 0 aromatic carbocycles. The monoisotopic (exact) mass is 437 g/mol. The molecule has 0 aromatic heterocycles. The van der Waals surface area contributed by atoms with Crippen molar-refractivity contribution in [3.05, 3.63) is 11.6 Å². The summed E-state index contributed by atoms with van der Waals surface area (Å²) in [5.74, 6) is -1.29. The van der Waals surface area contributed by atoms with Gasteiger partial charge in [0.25, 0.3) is 0 Å². The summed E-state index contributed by atoms with van der Waals surface area (Å²) in [7, 11) is 0. The average Bonchev–Trinajstić information content (AvgIpc) is 2.70. The quantitative estimate of drug-likeness (QED) is 0.512. The van der Waals surface area contributed by atoms with Crippen LogP contribution < -0.4 is 5.32 Å². The van der Waals surface area contributed by atoms with Gasteiger partial charge in [0.2, 0.25) is 11.8 Å². The Bertz CT molecular complexity index is 657. The third-order valence-electron chi connectivity index (χ3n) is 6.17. The molecule has 31 heavy (non-hydrogen) atoms. The molecule has 1 fully saturated rings. The van der Waals surface area contributed by atoms with E-state index in [4.69, 9.17) is 0 Å². The SMILES string of the molecule is CCN(C(=O)[C@@H](NC(=O)[C@H]1CCCCN1C(C)C)C(C)C)C(C=C(C)C(=O)O)C(C)C. The molecular weight excluding hydrogens is 394 g/mol. The summed E-state index contributed by atoms with van der Waals surface area (Å²) >= 11 is 0. The zero-order valence-corrected chi connectivity index (χ0v) is 20.6. The van der Waals surface area contributed by atoms with Crippen molar-refractivity contribution in [3.63, 3.8) is 0 Å². The van der Waals surface area contributed by atoms with Crippen molar-refractivity contribution in [1.82, 2.24) is 15.1 Å². The van der Waals surface area contributed by atoms with Gasteiger partial charge in [0.05, 0.1) is 12.1 Å². The largest absolute Gasteiger partial charge is 0.478 e. The molecule has 2 amide bonds. The number of nitrogens with zero attached hydrogens (tertiary/aromatic N) is 2. The first-order chi connectivity index (χ1) is 14.4. The van der Waals surface area contributed by atoms with Gasteiger partial charge < -0.3 is 15.3 Å². The van der Waals surface area contributed by atoms with Crippen LogP contribution in [0.2, 0.25) is 0 Å². The topological polar surface area (TPSA) is 90.0 Å². The van der Waals surface area contributed by atoms with E-state index in [2.05, 4.69) is 24.1 Å². The first-order valence-corrected chi connectivity index (χ1v) is 11.7. The van der Waals surface area contributed by atoms with E-state index in [1.165, 1.54) is 0 Å². The van der Waals surface area contributed by atoms with Crippen LogP contribution in [-0.4, -0.2) is 69.9 Å². The molecule has 7 heteroatoms. The number of likely N-dealkylation sites (tertiary alicyclic amines) is 1. The van der Waals surface area contributed by atoms with Crippen LogP contribution in [0.3, 0.4) is 0 Å². The summed E-state index contributed by atoms with van der Waals surface area (Å²) in [5, 5.41) is 12.3. The highest BCUT2D eigenvalue weighted by atomic mass is 16.4. The predicted molar refractivity (Wildman–Crippen MR) is 124 cm³/mol. The van der Waals surface area contributed by atoms with Crippen LogP contribution in [0.15, 0.2) is 11.6 Å². The Morgan fingerprint density at radius 3 is 2.16 bits per heavy atom. The van der Waals surface area contributed by atoms with Gasteiger partial charge in [-0.2, -0.15) is 0 Å². The third-order valence-corrected chi connectivity index (χ3v) is 6.17. The first kappa shape index (κ1) is 27.1. The molecule has 1 heterocycles. The number of carboxylic acids is 1. The van der Waals surface area contributed by atoms with Gasteiger partial charge in [-0.1, -0.05) is 40.2 Å². The molecule has 7 nitrogen and oxygen atoms in total. The molecule has 0 spiro atoms. The van der Waals surface area contributed by atoms with Gasteiger partial charge in [-0.25, -0.2) is 4.79 Å². The molecule has 0 saturated carbocycles. The van der Waals surface area contributed by atoms with Crippen LogP contribution in [0, 0.1) is 11.8 Å². The zero-order chi connectivity index (χ0) is 23.9. The van der Waals surface area contributed by atoms with Gasteiger partial charge in [0.15, 0.2) is 0 Å².